The molecule has 1 aromatic rings. The average molecular weight is 483 g/mol. The van der Waals surface area contributed by atoms with Crippen LogP contribution in [0.25, 0.3) is 0 Å². The standard InChI is InChI=1S/C30H42O5/c1-16(31)34-23-10-9-19-14-20-18(13-17-7-8-17)11-12-30-21(20)15-22(29(5,32)28(2,3)4)25(33-6)27(30)35-26(23)24(19)30/h9-10,17-18,20-22,25,27,32H,7-8,11-15H2,1-6H3/t18?,20-,21?,22-,25?,27-,29-,30?/m0/s1. The van der Waals surface area contributed by atoms with Gasteiger partial charge in [0.05, 0.1) is 5.60 Å². The van der Waals surface area contributed by atoms with Crippen molar-refractivity contribution < 1.29 is 24.1 Å². The molecule has 2 bridgehead atoms. The van der Waals surface area contributed by atoms with Crippen molar-refractivity contribution in [3.63, 3.8) is 0 Å². The molecule has 8 atom stereocenters. The monoisotopic (exact) mass is 482 g/mol. The molecular formula is C30H42O5. The predicted molar refractivity (Wildman–Crippen MR) is 134 cm³/mol. The number of carbonyl (C=O) groups is 1. The van der Waals surface area contributed by atoms with Crippen molar-refractivity contribution in [2.45, 2.75) is 103 Å². The van der Waals surface area contributed by atoms with Gasteiger partial charge in [-0.25, -0.2) is 0 Å². The molecule has 0 radical (unpaired) electrons. The van der Waals surface area contributed by atoms with E-state index >= 15 is 0 Å². The Bertz CT molecular complexity index is 1030. The summed E-state index contributed by atoms with van der Waals surface area (Å²) in [5.74, 6) is 3.62. The molecule has 0 amide bonds. The number of esters is 1. The molecule has 1 spiro atoms. The van der Waals surface area contributed by atoms with Gasteiger partial charge in [0.15, 0.2) is 11.5 Å². The van der Waals surface area contributed by atoms with Crippen LogP contribution >= 0.6 is 0 Å². The fourth-order valence-corrected chi connectivity index (χ4v) is 8.60. The number of aliphatic hydroxyl groups is 1. The van der Waals surface area contributed by atoms with Crippen LogP contribution in [0.5, 0.6) is 11.5 Å². The van der Waals surface area contributed by atoms with Crippen LogP contribution in [0, 0.1) is 35.0 Å². The van der Waals surface area contributed by atoms with E-state index in [1.165, 1.54) is 43.7 Å². The highest BCUT2D eigenvalue weighted by Gasteiger charge is 2.70. The quantitative estimate of drug-likeness (QED) is 0.447. The normalized spacial score (nSPS) is 38.8. The van der Waals surface area contributed by atoms with Crippen molar-refractivity contribution in [1.82, 2.24) is 0 Å². The summed E-state index contributed by atoms with van der Waals surface area (Å²) in [5.41, 5.74) is 1.32. The molecule has 1 N–H and O–H groups in total. The van der Waals surface area contributed by atoms with Crippen LogP contribution in [0.4, 0.5) is 0 Å². The van der Waals surface area contributed by atoms with Crippen molar-refractivity contribution in [2.75, 3.05) is 7.11 Å². The number of carbonyl (C=O) groups excluding carboxylic acids is 1. The van der Waals surface area contributed by atoms with Crippen LogP contribution in [0.1, 0.15) is 84.3 Å². The van der Waals surface area contributed by atoms with E-state index in [2.05, 4.69) is 26.8 Å². The van der Waals surface area contributed by atoms with Crippen LogP contribution in [0.15, 0.2) is 12.1 Å². The maximum Gasteiger partial charge on any atom is 0.308 e. The third-order valence-corrected chi connectivity index (χ3v) is 10.9. The molecule has 4 aliphatic carbocycles. The van der Waals surface area contributed by atoms with Gasteiger partial charge in [-0.2, -0.15) is 0 Å². The van der Waals surface area contributed by atoms with E-state index in [9.17, 15) is 9.90 Å². The number of ether oxygens (including phenoxy) is 3. The van der Waals surface area contributed by atoms with Gasteiger partial charge in [0.1, 0.15) is 12.2 Å². The lowest BCUT2D eigenvalue weighted by molar-refractivity contribution is -0.206. The highest BCUT2D eigenvalue weighted by atomic mass is 16.6. The molecule has 5 heteroatoms. The minimum Gasteiger partial charge on any atom is -0.483 e. The minimum absolute atomic E-state index is 0.0363. The summed E-state index contributed by atoms with van der Waals surface area (Å²) in [6.07, 6.45) is 8.05. The number of hydrogen-bond acceptors (Lipinski definition) is 5. The lowest BCUT2D eigenvalue weighted by Gasteiger charge is -2.62. The van der Waals surface area contributed by atoms with Gasteiger partial charge in [0, 0.05) is 30.9 Å². The first-order chi connectivity index (χ1) is 16.5. The smallest absolute Gasteiger partial charge is 0.308 e. The second kappa shape index (κ2) is 7.71. The van der Waals surface area contributed by atoms with Crippen LogP contribution < -0.4 is 9.47 Å². The largest absolute Gasteiger partial charge is 0.483 e. The molecule has 3 fully saturated rings. The molecule has 0 aromatic heterocycles. The topological polar surface area (TPSA) is 65.0 Å². The molecule has 35 heavy (non-hydrogen) atoms. The molecule has 5 nitrogen and oxygen atoms in total. The van der Waals surface area contributed by atoms with Crippen LogP contribution in [0.2, 0.25) is 0 Å². The molecule has 1 heterocycles. The summed E-state index contributed by atoms with van der Waals surface area (Å²) in [7, 11) is 1.77. The van der Waals surface area contributed by atoms with Gasteiger partial charge in [0.25, 0.3) is 0 Å². The molecule has 3 saturated carbocycles. The summed E-state index contributed by atoms with van der Waals surface area (Å²) >= 11 is 0. The van der Waals surface area contributed by atoms with Gasteiger partial charge in [-0.15, -0.1) is 0 Å². The number of hydrogen-bond donors (Lipinski definition) is 1. The summed E-state index contributed by atoms with van der Waals surface area (Å²) < 4.78 is 18.8. The molecule has 192 valence electrons. The van der Waals surface area contributed by atoms with Gasteiger partial charge in [0.2, 0.25) is 0 Å². The zero-order chi connectivity index (χ0) is 24.9. The maximum atomic E-state index is 12.0. The number of rotatable bonds is 5. The Balaban J connectivity index is 1.51. The third-order valence-electron chi connectivity index (χ3n) is 10.9. The van der Waals surface area contributed by atoms with Crippen molar-refractivity contribution in [3.8, 4) is 11.5 Å². The van der Waals surface area contributed by atoms with E-state index in [4.69, 9.17) is 14.2 Å². The van der Waals surface area contributed by atoms with E-state index < -0.39 is 5.60 Å². The fraction of sp³-hybridized carbons (Fsp3) is 0.767. The van der Waals surface area contributed by atoms with Gasteiger partial charge in [-0.3, -0.25) is 4.79 Å². The SMILES string of the molecule is COC1[C@@H]2Oc3c(OC(C)=O)ccc4c3C23CCC(CC2CC2)[C@H](C4)C3C[C@@H]1[C@](C)(O)C(C)(C)C. The van der Waals surface area contributed by atoms with Crippen molar-refractivity contribution in [3.05, 3.63) is 23.3 Å². The highest BCUT2D eigenvalue weighted by Crippen LogP contribution is 2.69. The number of methoxy groups -OCH3 is 1. The Kier molecular flexibility index (Phi) is 5.24. The van der Waals surface area contributed by atoms with Gasteiger partial charge in [-0.05, 0) is 79.7 Å². The van der Waals surface area contributed by atoms with Gasteiger partial charge >= 0.3 is 5.97 Å². The Morgan fingerprint density at radius 2 is 1.94 bits per heavy atom. The first-order valence-corrected chi connectivity index (χ1v) is 13.8. The van der Waals surface area contributed by atoms with Crippen molar-refractivity contribution >= 4 is 5.97 Å². The zero-order valence-electron chi connectivity index (χ0n) is 22.2. The summed E-state index contributed by atoms with van der Waals surface area (Å²) in [4.78, 5) is 11.9. The minimum atomic E-state index is -0.910. The zero-order valence-corrected chi connectivity index (χ0v) is 22.2. The molecule has 6 rings (SSSR count). The molecule has 5 aliphatic rings. The Morgan fingerprint density at radius 3 is 2.57 bits per heavy atom. The fourth-order valence-electron chi connectivity index (χ4n) is 8.60. The Hall–Kier alpha value is -1.59. The van der Waals surface area contributed by atoms with Gasteiger partial charge < -0.3 is 19.3 Å². The second-order valence-corrected chi connectivity index (χ2v) is 13.5. The number of benzene rings is 1. The summed E-state index contributed by atoms with van der Waals surface area (Å²) in [5, 5.41) is 12.0. The van der Waals surface area contributed by atoms with E-state index in [1.54, 1.807) is 7.11 Å². The second-order valence-electron chi connectivity index (χ2n) is 13.5. The molecule has 1 aliphatic heterocycles. The molecule has 1 aromatic carbocycles. The van der Waals surface area contributed by atoms with Crippen LogP contribution in [-0.2, 0) is 21.4 Å². The lowest BCUT2D eigenvalue weighted by Crippen LogP contribution is -2.68. The van der Waals surface area contributed by atoms with E-state index in [1.807, 2.05) is 13.0 Å². The third kappa shape index (κ3) is 3.29. The summed E-state index contributed by atoms with van der Waals surface area (Å²) in [6, 6.07) is 4.12. The average Bonchev–Trinajstić information content (AvgIpc) is 3.52. The molecule has 4 unspecified atom stereocenters. The van der Waals surface area contributed by atoms with Crippen molar-refractivity contribution in [2.24, 2.45) is 35.0 Å². The van der Waals surface area contributed by atoms with Crippen molar-refractivity contribution in [1.29, 1.82) is 0 Å². The first kappa shape index (κ1) is 23.8. The predicted octanol–water partition coefficient (Wildman–Crippen LogP) is 5.44. The van der Waals surface area contributed by atoms with E-state index in [0.29, 0.717) is 17.6 Å². The van der Waals surface area contributed by atoms with Crippen LogP contribution in [-0.4, -0.2) is 36.0 Å². The Morgan fingerprint density at radius 1 is 1.20 bits per heavy atom. The van der Waals surface area contributed by atoms with E-state index in [0.717, 1.165) is 36.8 Å². The summed E-state index contributed by atoms with van der Waals surface area (Å²) in [6.45, 7) is 9.83. The van der Waals surface area contributed by atoms with E-state index in [-0.39, 0.29) is 34.9 Å². The Labute approximate surface area is 209 Å². The maximum absolute atomic E-state index is 12.0. The lowest BCUT2D eigenvalue weighted by atomic mass is 9.43. The molecule has 0 saturated heterocycles. The van der Waals surface area contributed by atoms with Gasteiger partial charge in [-0.1, -0.05) is 39.7 Å². The van der Waals surface area contributed by atoms with Crippen LogP contribution in [0.3, 0.4) is 0 Å². The first-order valence-electron chi connectivity index (χ1n) is 13.8. The molecular weight excluding hydrogens is 440 g/mol. The highest BCUT2D eigenvalue weighted by molar-refractivity contribution is 5.72.